The van der Waals surface area contributed by atoms with E-state index in [4.69, 9.17) is 4.74 Å². The van der Waals surface area contributed by atoms with Gasteiger partial charge in [-0.1, -0.05) is 18.2 Å². The van der Waals surface area contributed by atoms with Crippen molar-refractivity contribution in [3.63, 3.8) is 0 Å². The maximum Gasteiger partial charge on any atom is 0.290 e. The van der Waals surface area contributed by atoms with E-state index < -0.39 is 0 Å². The van der Waals surface area contributed by atoms with E-state index in [9.17, 15) is 4.79 Å². The third kappa shape index (κ3) is 3.65. The highest BCUT2D eigenvalue weighted by Gasteiger charge is 2.20. The summed E-state index contributed by atoms with van der Waals surface area (Å²) in [5, 5.41) is 4.49. The smallest absolute Gasteiger partial charge is 0.290 e. The molecule has 0 bridgehead atoms. The number of hydrogen-bond acceptors (Lipinski definition) is 5. The number of pyridine rings is 1. The molecule has 0 aliphatic rings. The minimum Gasteiger partial charge on any atom is -0.497 e. The van der Waals surface area contributed by atoms with Crippen LogP contribution in [0.2, 0.25) is 0 Å². The van der Waals surface area contributed by atoms with Crippen LogP contribution in [-0.4, -0.2) is 51.8 Å². The molecule has 1 aromatic carbocycles. The number of nitrogens with zero attached hydrogens (tertiary/aromatic N) is 5. The largest absolute Gasteiger partial charge is 0.497 e. The molecule has 2 aromatic heterocycles. The summed E-state index contributed by atoms with van der Waals surface area (Å²) in [5.41, 5.74) is 1.62. The average molecular weight is 337 g/mol. The average Bonchev–Trinajstić information content (AvgIpc) is 3.06. The van der Waals surface area contributed by atoms with Gasteiger partial charge in [0.25, 0.3) is 5.91 Å². The zero-order chi connectivity index (χ0) is 17.8. The standard InChI is InChI=1S/C18H19N5O2/c1-22(2)18(24)17-20-16(15-6-4-5-11-19-15)21-23(17)12-13-7-9-14(25-3)10-8-13/h4-11H,12H2,1-3H3. The van der Waals surface area contributed by atoms with Gasteiger partial charge < -0.3 is 9.64 Å². The van der Waals surface area contributed by atoms with Crippen LogP contribution in [0.1, 0.15) is 16.2 Å². The van der Waals surface area contributed by atoms with Crippen molar-refractivity contribution in [3.8, 4) is 17.3 Å². The SMILES string of the molecule is COc1ccc(Cn2nc(-c3ccccn3)nc2C(=O)N(C)C)cc1. The predicted molar refractivity (Wildman–Crippen MR) is 93.4 cm³/mol. The van der Waals surface area contributed by atoms with Gasteiger partial charge in [-0.3, -0.25) is 9.78 Å². The minimum atomic E-state index is -0.205. The summed E-state index contributed by atoms with van der Waals surface area (Å²) in [6.07, 6.45) is 1.67. The second-order valence-electron chi connectivity index (χ2n) is 5.68. The first-order valence-corrected chi connectivity index (χ1v) is 7.79. The second kappa shape index (κ2) is 7.12. The van der Waals surface area contributed by atoms with Gasteiger partial charge in [0, 0.05) is 20.3 Å². The number of aromatic nitrogens is 4. The first-order chi connectivity index (χ1) is 12.1. The zero-order valence-electron chi connectivity index (χ0n) is 14.4. The Kier molecular flexibility index (Phi) is 4.74. The Morgan fingerprint density at radius 2 is 1.92 bits per heavy atom. The fourth-order valence-electron chi connectivity index (χ4n) is 2.32. The fourth-order valence-corrected chi connectivity index (χ4v) is 2.32. The molecule has 0 unspecified atom stereocenters. The normalized spacial score (nSPS) is 10.5. The van der Waals surface area contributed by atoms with Gasteiger partial charge in [-0.05, 0) is 29.8 Å². The molecule has 0 aliphatic heterocycles. The first-order valence-electron chi connectivity index (χ1n) is 7.79. The van der Waals surface area contributed by atoms with Crippen LogP contribution in [0.5, 0.6) is 5.75 Å². The summed E-state index contributed by atoms with van der Waals surface area (Å²) in [6, 6.07) is 13.1. The fraction of sp³-hybridized carbons (Fsp3) is 0.222. The van der Waals surface area contributed by atoms with E-state index in [2.05, 4.69) is 15.1 Å². The van der Waals surface area contributed by atoms with Gasteiger partial charge in [0.15, 0.2) is 5.82 Å². The molecule has 7 heteroatoms. The molecule has 2 heterocycles. The molecule has 3 rings (SSSR count). The highest BCUT2D eigenvalue weighted by atomic mass is 16.5. The van der Waals surface area contributed by atoms with Crippen molar-refractivity contribution < 1.29 is 9.53 Å². The number of carbonyl (C=O) groups is 1. The molecule has 3 aromatic rings. The van der Waals surface area contributed by atoms with E-state index in [0.29, 0.717) is 18.1 Å². The quantitative estimate of drug-likeness (QED) is 0.713. The lowest BCUT2D eigenvalue weighted by Gasteiger charge is -2.11. The third-order valence-corrected chi connectivity index (χ3v) is 3.65. The van der Waals surface area contributed by atoms with Crippen LogP contribution in [-0.2, 0) is 6.54 Å². The van der Waals surface area contributed by atoms with Crippen molar-refractivity contribution in [1.29, 1.82) is 0 Å². The maximum absolute atomic E-state index is 12.5. The Labute approximate surface area is 145 Å². The number of benzene rings is 1. The van der Waals surface area contributed by atoms with Gasteiger partial charge in [0.2, 0.25) is 5.82 Å². The monoisotopic (exact) mass is 337 g/mol. The minimum absolute atomic E-state index is 0.205. The van der Waals surface area contributed by atoms with Gasteiger partial charge in [-0.25, -0.2) is 9.67 Å². The van der Waals surface area contributed by atoms with E-state index >= 15 is 0 Å². The molecule has 25 heavy (non-hydrogen) atoms. The molecule has 7 nitrogen and oxygen atoms in total. The van der Waals surface area contributed by atoms with Crippen molar-refractivity contribution in [2.24, 2.45) is 0 Å². The third-order valence-electron chi connectivity index (χ3n) is 3.65. The zero-order valence-corrected chi connectivity index (χ0v) is 14.4. The lowest BCUT2D eigenvalue weighted by Crippen LogP contribution is -2.26. The topological polar surface area (TPSA) is 73.1 Å². The molecule has 0 fully saturated rings. The van der Waals surface area contributed by atoms with E-state index in [-0.39, 0.29) is 11.7 Å². The summed E-state index contributed by atoms with van der Waals surface area (Å²) >= 11 is 0. The molecule has 0 aliphatic carbocycles. The maximum atomic E-state index is 12.5. The summed E-state index contributed by atoms with van der Waals surface area (Å²) < 4.78 is 6.78. The predicted octanol–water partition coefficient (Wildman–Crippen LogP) is 2.10. The van der Waals surface area contributed by atoms with Crippen LogP contribution in [0.3, 0.4) is 0 Å². The number of ether oxygens (including phenoxy) is 1. The van der Waals surface area contributed by atoms with Crippen LogP contribution in [0.15, 0.2) is 48.7 Å². The summed E-state index contributed by atoms with van der Waals surface area (Å²) in [7, 11) is 5.00. The van der Waals surface area contributed by atoms with Crippen LogP contribution < -0.4 is 4.74 Å². The molecule has 0 saturated heterocycles. The van der Waals surface area contributed by atoms with Crippen molar-refractivity contribution in [2.45, 2.75) is 6.54 Å². The summed E-state index contributed by atoms with van der Waals surface area (Å²) in [4.78, 5) is 22.6. The Morgan fingerprint density at radius 1 is 1.16 bits per heavy atom. The van der Waals surface area contributed by atoms with Crippen molar-refractivity contribution >= 4 is 5.91 Å². The van der Waals surface area contributed by atoms with Crippen LogP contribution >= 0.6 is 0 Å². The summed E-state index contributed by atoms with van der Waals surface area (Å²) in [6.45, 7) is 0.429. The van der Waals surface area contributed by atoms with Gasteiger partial charge in [0.1, 0.15) is 11.4 Å². The molecule has 0 radical (unpaired) electrons. The van der Waals surface area contributed by atoms with E-state index in [1.54, 1.807) is 32.1 Å². The number of hydrogen-bond donors (Lipinski definition) is 0. The molecule has 128 valence electrons. The Balaban J connectivity index is 1.97. The van der Waals surface area contributed by atoms with Crippen LogP contribution in [0.4, 0.5) is 0 Å². The lowest BCUT2D eigenvalue weighted by molar-refractivity contribution is 0.0810. The molecule has 0 saturated carbocycles. The van der Waals surface area contributed by atoms with E-state index in [0.717, 1.165) is 11.3 Å². The lowest BCUT2D eigenvalue weighted by atomic mass is 10.2. The van der Waals surface area contributed by atoms with Crippen molar-refractivity contribution in [2.75, 3.05) is 21.2 Å². The molecular formula is C18H19N5O2. The van der Waals surface area contributed by atoms with E-state index in [1.165, 1.54) is 4.90 Å². The number of carbonyl (C=O) groups excluding carboxylic acids is 1. The first kappa shape index (κ1) is 16.6. The molecule has 0 N–H and O–H groups in total. The number of amides is 1. The Morgan fingerprint density at radius 3 is 2.52 bits per heavy atom. The molecule has 1 amide bonds. The number of rotatable bonds is 5. The van der Waals surface area contributed by atoms with Gasteiger partial charge in [0.05, 0.1) is 13.7 Å². The van der Waals surface area contributed by atoms with Gasteiger partial charge in [-0.15, -0.1) is 5.10 Å². The Bertz CT molecular complexity index is 857. The molecule has 0 spiro atoms. The number of methoxy groups -OCH3 is 1. The van der Waals surface area contributed by atoms with Crippen molar-refractivity contribution in [1.82, 2.24) is 24.6 Å². The van der Waals surface area contributed by atoms with Gasteiger partial charge in [-0.2, -0.15) is 0 Å². The van der Waals surface area contributed by atoms with Gasteiger partial charge >= 0.3 is 0 Å². The highest BCUT2D eigenvalue weighted by molar-refractivity contribution is 5.90. The molecule has 0 atom stereocenters. The van der Waals surface area contributed by atoms with Crippen LogP contribution in [0, 0.1) is 0 Å². The van der Waals surface area contributed by atoms with Crippen LogP contribution in [0.25, 0.3) is 11.5 Å². The van der Waals surface area contributed by atoms with E-state index in [1.807, 2.05) is 42.5 Å². The Hall–Kier alpha value is -3.22. The molecular weight excluding hydrogens is 318 g/mol. The summed E-state index contributed by atoms with van der Waals surface area (Å²) in [5.74, 6) is 1.28. The van der Waals surface area contributed by atoms with Crippen molar-refractivity contribution in [3.05, 3.63) is 60.0 Å². The highest BCUT2D eigenvalue weighted by Crippen LogP contribution is 2.16. The second-order valence-corrected chi connectivity index (χ2v) is 5.68.